The van der Waals surface area contributed by atoms with E-state index >= 15 is 0 Å². The molecule has 1 heterocycles. The van der Waals surface area contributed by atoms with Crippen LogP contribution in [-0.4, -0.2) is 25.2 Å². The first-order valence-electron chi connectivity index (χ1n) is 5.61. The average Bonchev–Trinajstić information content (AvgIpc) is 2.34. The Morgan fingerprint density at radius 3 is 3.06 bits per heavy atom. The lowest BCUT2D eigenvalue weighted by Gasteiger charge is -2.23. The predicted octanol–water partition coefficient (Wildman–Crippen LogP) is 1.94. The number of hydrogen-bond donors (Lipinski definition) is 2. The van der Waals surface area contributed by atoms with Crippen LogP contribution in [-0.2, 0) is 4.74 Å². The molecule has 1 aromatic carbocycles. The molecule has 0 aliphatic carbocycles. The summed E-state index contributed by atoms with van der Waals surface area (Å²) in [4.78, 5) is 12.0. The maximum absolute atomic E-state index is 12.0. The smallest absolute Gasteiger partial charge is 0.252 e. The van der Waals surface area contributed by atoms with Crippen molar-refractivity contribution in [3.63, 3.8) is 0 Å². The van der Waals surface area contributed by atoms with Gasteiger partial charge in [0, 0.05) is 12.3 Å². The quantitative estimate of drug-likeness (QED) is 0.820. The van der Waals surface area contributed by atoms with E-state index < -0.39 is 0 Å². The highest BCUT2D eigenvalue weighted by Gasteiger charge is 2.18. The van der Waals surface area contributed by atoms with Crippen LogP contribution in [0.25, 0.3) is 0 Å². The minimum Gasteiger partial charge on any atom is -0.398 e. The number of nitrogens with two attached hydrogens (primary N) is 1. The molecule has 1 aliphatic rings. The highest BCUT2D eigenvalue weighted by molar-refractivity contribution is 9.10. The van der Waals surface area contributed by atoms with E-state index in [1.54, 1.807) is 18.2 Å². The number of amides is 1. The molecule has 0 spiro atoms. The van der Waals surface area contributed by atoms with Crippen LogP contribution in [0.15, 0.2) is 22.7 Å². The topological polar surface area (TPSA) is 64.4 Å². The molecular formula is C12H15BrN2O2. The van der Waals surface area contributed by atoms with Gasteiger partial charge in [-0.2, -0.15) is 0 Å². The molecule has 1 amide bonds. The summed E-state index contributed by atoms with van der Waals surface area (Å²) in [6, 6.07) is 5.38. The van der Waals surface area contributed by atoms with Crippen molar-refractivity contribution in [3.05, 3.63) is 28.2 Å². The third kappa shape index (κ3) is 2.98. The Labute approximate surface area is 109 Å². The summed E-state index contributed by atoms with van der Waals surface area (Å²) in [7, 11) is 0. The monoisotopic (exact) mass is 298 g/mol. The van der Waals surface area contributed by atoms with Crippen molar-refractivity contribution in [2.24, 2.45) is 0 Å². The second-order valence-corrected chi connectivity index (χ2v) is 4.89. The molecule has 5 heteroatoms. The fraction of sp³-hybridized carbons (Fsp3) is 0.417. The lowest BCUT2D eigenvalue weighted by Crippen LogP contribution is -2.40. The lowest BCUT2D eigenvalue weighted by atomic mass is 10.1. The average molecular weight is 299 g/mol. The fourth-order valence-corrected chi connectivity index (χ4v) is 2.29. The Morgan fingerprint density at radius 1 is 1.53 bits per heavy atom. The number of anilines is 1. The molecule has 2 rings (SSSR count). The van der Waals surface area contributed by atoms with Gasteiger partial charge in [0.25, 0.3) is 5.91 Å². The molecule has 0 radical (unpaired) electrons. The lowest BCUT2D eigenvalue weighted by molar-refractivity contribution is 0.0624. The van der Waals surface area contributed by atoms with Gasteiger partial charge in [0.1, 0.15) is 0 Å². The summed E-state index contributed by atoms with van der Waals surface area (Å²) in [5.74, 6) is -0.111. The molecule has 1 aromatic rings. The number of halogens is 1. The van der Waals surface area contributed by atoms with Crippen molar-refractivity contribution >= 4 is 27.5 Å². The molecule has 0 bridgehead atoms. The van der Waals surface area contributed by atoms with Crippen LogP contribution in [0.3, 0.4) is 0 Å². The first-order chi connectivity index (χ1) is 8.18. The summed E-state index contributed by atoms with van der Waals surface area (Å²) in [5, 5.41) is 2.95. The molecule has 0 saturated carbocycles. The number of benzene rings is 1. The normalized spacial score (nSPS) is 19.9. The number of ether oxygens (including phenoxy) is 1. The van der Waals surface area contributed by atoms with Crippen LogP contribution < -0.4 is 11.1 Å². The highest BCUT2D eigenvalue weighted by Crippen LogP contribution is 2.23. The molecule has 0 aromatic heterocycles. The van der Waals surface area contributed by atoms with Gasteiger partial charge in [0.2, 0.25) is 0 Å². The second-order valence-electron chi connectivity index (χ2n) is 4.10. The molecule has 1 atom stereocenters. The third-order valence-corrected chi connectivity index (χ3v) is 3.65. The standard InChI is InChI=1S/C12H15BrN2O2/c13-11-9(4-1-5-10(11)14)12(16)15-8-3-2-6-17-7-8/h1,4-5,8H,2-3,6-7,14H2,(H,15,16). The predicted molar refractivity (Wildman–Crippen MR) is 69.9 cm³/mol. The van der Waals surface area contributed by atoms with E-state index in [2.05, 4.69) is 21.2 Å². The molecule has 17 heavy (non-hydrogen) atoms. The van der Waals surface area contributed by atoms with Gasteiger partial charge in [-0.15, -0.1) is 0 Å². The van der Waals surface area contributed by atoms with E-state index in [0.29, 0.717) is 22.3 Å². The van der Waals surface area contributed by atoms with E-state index in [0.717, 1.165) is 19.4 Å². The third-order valence-electron chi connectivity index (χ3n) is 2.77. The summed E-state index contributed by atoms with van der Waals surface area (Å²) < 4.78 is 5.97. The molecule has 1 saturated heterocycles. The second kappa shape index (κ2) is 5.51. The van der Waals surface area contributed by atoms with Gasteiger partial charge in [-0.1, -0.05) is 6.07 Å². The Bertz CT molecular complexity index is 417. The minimum atomic E-state index is -0.111. The van der Waals surface area contributed by atoms with E-state index in [-0.39, 0.29) is 11.9 Å². The van der Waals surface area contributed by atoms with Crippen LogP contribution in [0.2, 0.25) is 0 Å². The molecule has 1 aliphatic heterocycles. The number of carbonyl (C=O) groups is 1. The van der Waals surface area contributed by atoms with Crippen LogP contribution in [0.5, 0.6) is 0 Å². The zero-order chi connectivity index (χ0) is 12.3. The zero-order valence-corrected chi connectivity index (χ0v) is 11.0. The van der Waals surface area contributed by atoms with Crippen molar-refractivity contribution in [3.8, 4) is 0 Å². The molecule has 4 nitrogen and oxygen atoms in total. The van der Waals surface area contributed by atoms with Gasteiger partial charge in [-0.25, -0.2) is 0 Å². The van der Waals surface area contributed by atoms with Crippen molar-refractivity contribution in [2.75, 3.05) is 18.9 Å². The summed E-state index contributed by atoms with van der Waals surface area (Å²) >= 11 is 3.33. The fourth-order valence-electron chi connectivity index (χ4n) is 1.84. The summed E-state index contributed by atoms with van der Waals surface area (Å²) in [5.41, 5.74) is 6.87. The van der Waals surface area contributed by atoms with E-state index in [4.69, 9.17) is 10.5 Å². The number of nitrogen functional groups attached to an aromatic ring is 1. The van der Waals surface area contributed by atoms with Crippen LogP contribution in [0.4, 0.5) is 5.69 Å². The van der Waals surface area contributed by atoms with Crippen molar-refractivity contribution in [2.45, 2.75) is 18.9 Å². The largest absolute Gasteiger partial charge is 0.398 e. The van der Waals surface area contributed by atoms with E-state index in [1.807, 2.05) is 0 Å². The first-order valence-corrected chi connectivity index (χ1v) is 6.40. The van der Waals surface area contributed by atoms with E-state index in [9.17, 15) is 4.79 Å². The molecule has 1 unspecified atom stereocenters. The van der Waals surface area contributed by atoms with Crippen molar-refractivity contribution in [1.29, 1.82) is 0 Å². The van der Waals surface area contributed by atoms with Gasteiger partial charge in [-0.05, 0) is 40.9 Å². The van der Waals surface area contributed by atoms with Gasteiger partial charge < -0.3 is 15.8 Å². The maximum Gasteiger partial charge on any atom is 0.252 e. The zero-order valence-electron chi connectivity index (χ0n) is 9.41. The minimum absolute atomic E-state index is 0.101. The molecular weight excluding hydrogens is 284 g/mol. The Hall–Kier alpha value is -1.07. The van der Waals surface area contributed by atoms with Crippen LogP contribution in [0, 0.1) is 0 Å². The molecule has 1 fully saturated rings. The Balaban J connectivity index is 2.06. The first kappa shape index (κ1) is 12.4. The van der Waals surface area contributed by atoms with Crippen molar-refractivity contribution in [1.82, 2.24) is 5.32 Å². The van der Waals surface area contributed by atoms with Gasteiger partial charge in [0.15, 0.2) is 0 Å². The summed E-state index contributed by atoms with van der Waals surface area (Å²) in [6.07, 6.45) is 1.95. The van der Waals surface area contributed by atoms with Crippen molar-refractivity contribution < 1.29 is 9.53 Å². The van der Waals surface area contributed by atoms with Gasteiger partial charge >= 0.3 is 0 Å². The Kier molecular flexibility index (Phi) is 4.02. The number of hydrogen-bond acceptors (Lipinski definition) is 3. The molecule has 92 valence electrons. The van der Waals surface area contributed by atoms with Gasteiger partial charge in [0.05, 0.1) is 22.7 Å². The molecule has 3 N–H and O–H groups in total. The maximum atomic E-state index is 12.0. The van der Waals surface area contributed by atoms with Crippen LogP contribution >= 0.6 is 15.9 Å². The number of carbonyl (C=O) groups excluding carboxylic acids is 1. The SMILES string of the molecule is Nc1cccc(C(=O)NC2CCCOC2)c1Br. The number of rotatable bonds is 2. The number of nitrogens with one attached hydrogen (secondary N) is 1. The van der Waals surface area contributed by atoms with Crippen LogP contribution in [0.1, 0.15) is 23.2 Å². The van der Waals surface area contributed by atoms with E-state index in [1.165, 1.54) is 0 Å². The highest BCUT2D eigenvalue weighted by atomic mass is 79.9. The Morgan fingerprint density at radius 2 is 2.35 bits per heavy atom. The summed E-state index contributed by atoms with van der Waals surface area (Å²) in [6.45, 7) is 1.38. The van der Waals surface area contributed by atoms with Gasteiger partial charge in [-0.3, -0.25) is 4.79 Å².